The summed E-state index contributed by atoms with van der Waals surface area (Å²) in [6, 6.07) is 10.4. The first-order valence-electron chi connectivity index (χ1n) is 5.27. The van der Waals surface area contributed by atoms with Crippen LogP contribution in [0.15, 0.2) is 42.5 Å². The van der Waals surface area contributed by atoms with E-state index in [0.29, 0.717) is 5.56 Å². The standard InChI is InChI=1S/C13H8ClNO4/c14-9-6-10(13(17)11(7-9)15(18)19)12(16)8-4-2-1-3-5-8/h1-7,17H. The van der Waals surface area contributed by atoms with Crippen LogP contribution in [0.2, 0.25) is 5.02 Å². The van der Waals surface area contributed by atoms with Crippen LogP contribution < -0.4 is 0 Å². The van der Waals surface area contributed by atoms with Crippen LogP contribution in [-0.2, 0) is 0 Å². The highest BCUT2D eigenvalue weighted by molar-refractivity contribution is 6.31. The van der Waals surface area contributed by atoms with Gasteiger partial charge in [-0.05, 0) is 6.07 Å². The largest absolute Gasteiger partial charge is 0.502 e. The van der Waals surface area contributed by atoms with E-state index in [4.69, 9.17) is 11.6 Å². The quantitative estimate of drug-likeness (QED) is 0.531. The number of ketones is 1. The zero-order valence-electron chi connectivity index (χ0n) is 9.54. The maximum atomic E-state index is 12.2. The molecule has 0 atom stereocenters. The summed E-state index contributed by atoms with van der Waals surface area (Å²) in [5.74, 6) is -1.20. The number of halogens is 1. The lowest BCUT2D eigenvalue weighted by Gasteiger charge is -2.05. The van der Waals surface area contributed by atoms with Gasteiger partial charge in [-0.3, -0.25) is 14.9 Å². The number of hydrogen-bond donors (Lipinski definition) is 1. The van der Waals surface area contributed by atoms with Gasteiger partial charge in [-0.1, -0.05) is 41.9 Å². The van der Waals surface area contributed by atoms with Crippen molar-refractivity contribution in [3.05, 3.63) is 68.7 Å². The van der Waals surface area contributed by atoms with Gasteiger partial charge in [-0.15, -0.1) is 0 Å². The Morgan fingerprint density at radius 2 is 1.84 bits per heavy atom. The zero-order chi connectivity index (χ0) is 14.0. The van der Waals surface area contributed by atoms with E-state index < -0.39 is 22.1 Å². The Labute approximate surface area is 113 Å². The fourth-order valence-corrected chi connectivity index (χ4v) is 1.85. The van der Waals surface area contributed by atoms with Crippen molar-refractivity contribution in [3.8, 4) is 5.75 Å². The maximum absolute atomic E-state index is 12.2. The topological polar surface area (TPSA) is 80.4 Å². The summed E-state index contributed by atoms with van der Waals surface area (Å²) in [6.45, 7) is 0. The smallest absolute Gasteiger partial charge is 0.312 e. The third kappa shape index (κ3) is 2.56. The van der Waals surface area contributed by atoms with Crippen LogP contribution in [-0.4, -0.2) is 15.8 Å². The van der Waals surface area contributed by atoms with Gasteiger partial charge >= 0.3 is 5.69 Å². The number of phenols is 1. The van der Waals surface area contributed by atoms with E-state index in [2.05, 4.69) is 0 Å². The van der Waals surface area contributed by atoms with Gasteiger partial charge in [-0.2, -0.15) is 0 Å². The molecule has 0 unspecified atom stereocenters. The molecule has 2 aromatic rings. The Balaban J connectivity index is 2.57. The third-order valence-corrected chi connectivity index (χ3v) is 2.75. The van der Waals surface area contributed by atoms with Gasteiger partial charge in [-0.25, -0.2) is 0 Å². The van der Waals surface area contributed by atoms with E-state index in [9.17, 15) is 20.0 Å². The van der Waals surface area contributed by atoms with Crippen LogP contribution in [0, 0.1) is 10.1 Å². The van der Waals surface area contributed by atoms with Gasteiger partial charge in [0.1, 0.15) is 0 Å². The third-order valence-electron chi connectivity index (χ3n) is 2.53. The zero-order valence-corrected chi connectivity index (χ0v) is 10.3. The Bertz CT molecular complexity index is 655. The Morgan fingerprint density at radius 1 is 1.21 bits per heavy atom. The number of hydrogen-bond acceptors (Lipinski definition) is 4. The van der Waals surface area contributed by atoms with Crippen LogP contribution in [0.5, 0.6) is 5.75 Å². The molecule has 0 bridgehead atoms. The monoisotopic (exact) mass is 277 g/mol. The van der Waals surface area contributed by atoms with Crippen LogP contribution in [0.4, 0.5) is 5.69 Å². The van der Waals surface area contributed by atoms with E-state index in [0.717, 1.165) is 6.07 Å². The first kappa shape index (κ1) is 13.0. The van der Waals surface area contributed by atoms with Crippen LogP contribution in [0.1, 0.15) is 15.9 Å². The normalized spacial score (nSPS) is 10.2. The summed E-state index contributed by atoms with van der Waals surface area (Å²) in [5, 5.41) is 20.6. The average molecular weight is 278 g/mol. The van der Waals surface area contributed by atoms with Crippen LogP contribution in [0.3, 0.4) is 0 Å². The molecule has 0 aromatic heterocycles. The molecule has 0 radical (unpaired) electrons. The minimum Gasteiger partial charge on any atom is -0.502 e. The second kappa shape index (κ2) is 5.07. The molecule has 1 N–H and O–H groups in total. The van der Waals surface area contributed by atoms with Gasteiger partial charge in [0.25, 0.3) is 0 Å². The minimum absolute atomic E-state index is 0.0174. The fourth-order valence-electron chi connectivity index (χ4n) is 1.64. The molecule has 0 amide bonds. The number of nitrogens with zero attached hydrogens (tertiary/aromatic N) is 1. The van der Waals surface area contributed by atoms with Gasteiger partial charge in [0.15, 0.2) is 5.78 Å². The molecule has 0 aliphatic heterocycles. The first-order chi connectivity index (χ1) is 9.00. The van der Waals surface area contributed by atoms with Crippen molar-refractivity contribution in [2.24, 2.45) is 0 Å². The molecule has 0 heterocycles. The maximum Gasteiger partial charge on any atom is 0.312 e. The van der Waals surface area contributed by atoms with Crippen molar-refractivity contribution < 1.29 is 14.8 Å². The molecule has 2 aromatic carbocycles. The highest BCUT2D eigenvalue weighted by Gasteiger charge is 2.23. The molecule has 0 saturated heterocycles. The summed E-state index contributed by atoms with van der Waals surface area (Å²) in [4.78, 5) is 22.1. The molecule has 5 nitrogen and oxygen atoms in total. The summed E-state index contributed by atoms with van der Waals surface area (Å²) < 4.78 is 0. The van der Waals surface area contributed by atoms with Crippen LogP contribution in [0.25, 0.3) is 0 Å². The average Bonchev–Trinajstić information content (AvgIpc) is 2.41. The molecular weight excluding hydrogens is 270 g/mol. The van der Waals surface area contributed by atoms with Crippen LogP contribution >= 0.6 is 11.6 Å². The van der Waals surface area contributed by atoms with Crippen molar-refractivity contribution in [3.63, 3.8) is 0 Å². The Morgan fingerprint density at radius 3 is 2.42 bits per heavy atom. The van der Waals surface area contributed by atoms with Gasteiger partial charge in [0.2, 0.25) is 5.75 Å². The number of phenolic OH excluding ortho intramolecular Hbond substituents is 1. The number of nitro benzene ring substituents is 1. The summed E-state index contributed by atoms with van der Waals surface area (Å²) in [7, 11) is 0. The number of nitro groups is 1. The van der Waals surface area contributed by atoms with E-state index in [-0.39, 0.29) is 10.6 Å². The molecule has 0 saturated carbocycles. The summed E-state index contributed by atoms with van der Waals surface area (Å²) in [6.07, 6.45) is 0. The molecule has 19 heavy (non-hydrogen) atoms. The Hall–Kier alpha value is -2.40. The lowest BCUT2D eigenvalue weighted by Crippen LogP contribution is -2.03. The van der Waals surface area contributed by atoms with Gasteiger partial charge < -0.3 is 5.11 Å². The number of carbonyl (C=O) groups excluding carboxylic acids is 1. The predicted octanol–water partition coefficient (Wildman–Crippen LogP) is 3.18. The van der Waals surface area contributed by atoms with Gasteiger partial charge in [0, 0.05) is 16.7 Å². The van der Waals surface area contributed by atoms with E-state index in [1.165, 1.54) is 6.07 Å². The molecule has 0 aliphatic rings. The van der Waals surface area contributed by atoms with Crippen molar-refractivity contribution in [1.82, 2.24) is 0 Å². The molecule has 6 heteroatoms. The lowest BCUT2D eigenvalue weighted by atomic mass is 10.0. The minimum atomic E-state index is -0.789. The molecule has 0 spiro atoms. The molecule has 0 aliphatic carbocycles. The number of aromatic hydroxyl groups is 1. The van der Waals surface area contributed by atoms with E-state index in [1.807, 2.05) is 0 Å². The lowest BCUT2D eigenvalue weighted by molar-refractivity contribution is -0.385. The predicted molar refractivity (Wildman–Crippen MR) is 69.6 cm³/mol. The van der Waals surface area contributed by atoms with Crippen molar-refractivity contribution in [2.75, 3.05) is 0 Å². The molecular formula is C13H8ClNO4. The SMILES string of the molecule is O=C(c1ccccc1)c1cc(Cl)cc([N+](=O)[O-])c1O. The highest BCUT2D eigenvalue weighted by atomic mass is 35.5. The van der Waals surface area contributed by atoms with Crippen molar-refractivity contribution >= 4 is 23.1 Å². The second-order valence-electron chi connectivity index (χ2n) is 3.77. The summed E-state index contributed by atoms with van der Waals surface area (Å²) >= 11 is 5.73. The van der Waals surface area contributed by atoms with Crippen molar-refractivity contribution in [2.45, 2.75) is 0 Å². The molecule has 0 fully saturated rings. The first-order valence-corrected chi connectivity index (χ1v) is 5.65. The molecule has 2 rings (SSSR count). The summed E-state index contributed by atoms with van der Waals surface area (Å²) in [5.41, 5.74) is -0.466. The Kier molecular flexibility index (Phi) is 3.48. The number of rotatable bonds is 3. The fraction of sp³-hybridized carbons (Fsp3) is 0. The van der Waals surface area contributed by atoms with Gasteiger partial charge in [0.05, 0.1) is 10.5 Å². The second-order valence-corrected chi connectivity index (χ2v) is 4.21. The highest BCUT2D eigenvalue weighted by Crippen LogP contribution is 2.34. The molecule has 96 valence electrons. The number of benzene rings is 2. The van der Waals surface area contributed by atoms with E-state index >= 15 is 0 Å². The van der Waals surface area contributed by atoms with Crippen molar-refractivity contribution in [1.29, 1.82) is 0 Å². The van der Waals surface area contributed by atoms with E-state index in [1.54, 1.807) is 30.3 Å². The number of carbonyl (C=O) groups is 1.